The molecule has 218 valence electrons. The van der Waals surface area contributed by atoms with Crippen molar-refractivity contribution in [1.82, 2.24) is 0 Å². The fraction of sp³-hybridized carbons (Fsp3) is 0.512. The van der Waals surface area contributed by atoms with Crippen molar-refractivity contribution in [2.45, 2.75) is 101 Å². The molecule has 42 heavy (non-hydrogen) atoms. The molecular formula is C41H50Si. The Morgan fingerprint density at radius 2 is 1.07 bits per heavy atom. The Kier molecular flexibility index (Phi) is 6.90. The highest BCUT2D eigenvalue weighted by molar-refractivity contribution is 6.80. The van der Waals surface area contributed by atoms with Crippen LogP contribution in [0, 0.1) is 29.6 Å². The summed E-state index contributed by atoms with van der Waals surface area (Å²) < 4.78 is 0. The third-order valence-electron chi connectivity index (χ3n) is 13.5. The molecule has 4 aliphatic rings. The van der Waals surface area contributed by atoms with E-state index in [4.69, 9.17) is 0 Å². The molecule has 0 heterocycles. The van der Waals surface area contributed by atoms with Gasteiger partial charge in [0, 0.05) is 0 Å². The second-order valence-corrected chi connectivity index (χ2v) is 20.7. The van der Waals surface area contributed by atoms with Crippen molar-refractivity contribution < 1.29 is 0 Å². The largest absolute Gasteiger partial charge is 0.0689 e. The Hall–Kier alpha value is -2.38. The molecule has 1 heteroatoms. The van der Waals surface area contributed by atoms with E-state index in [-0.39, 0.29) is 0 Å². The van der Waals surface area contributed by atoms with E-state index in [1.165, 1.54) is 79.3 Å². The van der Waals surface area contributed by atoms with Gasteiger partial charge in [0.15, 0.2) is 0 Å². The lowest BCUT2D eigenvalue weighted by molar-refractivity contribution is 0.227. The lowest BCUT2D eigenvalue weighted by atomic mass is 9.70. The molecule has 9 atom stereocenters. The van der Waals surface area contributed by atoms with E-state index in [0.717, 1.165) is 52.5 Å². The van der Waals surface area contributed by atoms with Crippen LogP contribution in [0.5, 0.6) is 0 Å². The normalized spacial score (nSPS) is 34.9. The fourth-order valence-corrected chi connectivity index (χ4v) is 18.3. The van der Waals surface area contributed by atoms with E-state index < -0.39 is 8.07 Å². The number of benzene rings is 4. The zero-order chi connectivity index (χ0) is 28.4. The van der Waals surface area contributed by atoms with Crippen LogP contribution in [0.15, 0.2) is 84.9 Å². The highest BCUT2D eigenvalue weighted by Crippen LogP contribution is 2.66. The topological polar surface area (TPSA) is 0 Å². The van der Waals surface area contributed by atoms with Crippen LogP contribution < -0.4 is 0 Å². The average molecular weight is 571 g/mol. The van der Waals surface area contributed by atoms with Gasteiger partial charge in [0.2, 0.25) is 0 Å². The standard InChI is InChI=1S/C41H50Si/c1-27-26-39-35(33-19-9-15-29-13-5-7-17-31(29)33)21-11-23-38(39)41(27)42(2,3)40-25-24-36-34(20-10-22-37(36)40)32-18-8-14-28-12-4-6-16-30(28)32/h4-9,12-19,27,34-41H,10-11,20-26H2,1-3H3. The summed E-state index contributed by atoms with van der Waals surface area (Å²) in [5.74, 6) is 6.14. The van der Waals surface area contributed by atoms with Crippen molar-refractivity contribution in [2.24, 2.45) is 29.6 Å². The number of hydrogen-bond donors (Lipinski definition) is 0. The van der Waals surface area contributed by atoms with Crippen LogP contribution in [0.4, 0.5) is 0 Å². The van der Waals surface area contributed by atoms with Gasteiger partial charge in [0.1, 0.15) is 0 Å². The highest BCUT2D eigenvalue weighted by atomic mass is 28.3. The van der Waals surface area contributed by atoms with Crippen molar-refractivity contribution >= 4 is 29.6 Å². The molecule has 0 aromatic heterocycles. The van der Waals surface area contributed by atoms with Crippen molar-refractivity contribution in [3.63, 3.8) is 0 Å². The van der Waals surface area contributed by atoms with Crippen LogP contribution in [0.3, 0.4) is 0 Å². The van der Waals surface area contributed by atoms with Gasteiger partial charge < -0.3 is 0 Å². The SMILES string of the molecule is CC1CC2C(c3cccc4ccccc34)CCCC2C1[Si](C)(C)C1CCC2C(c3cccc4ccccc34)CCCC21. The lowest BCUT2D eigenvalue weighted by Crippen LogP contribution is -2.45. The highest BCUT2D eigenvalue weighted by Gasteiger charge is 2.58. The Morgan fingerprint density at radius 1 is 0.524 bits per heavy atom. The van der Waals surface area contributed by atoms with Gasteiger partial charge in [-0.3, -0.25) is 0 Å². The molecule has 0 aliphatic heterocycles. The second kappa shape index (κ2) is 10.7. The number of fused-ring (bicyclic) bond motifs is 4. The zero-order valence-electron chi connectivity index (χ0n) is 26.1. The molecule has 0 nitrogen and oxygen atoms in total. The summed E-state index contributed by atoms with van der Waals surface area (Å²) >= 11 is 0. The van der Waals surface area contributed by atoms with E-state index in [2.05, 4.69) is 105 Å². The van der Waals surface area contributed by atoms with Gasteiger partial charge in [-0.1, -0.05) is 137 Å². The molecule has 4 saturated carbocycles. The molecule has 4 aromatic rings. The van der Waals surface area contributed by atoms with Crippen LogP contribution in [-0.4, -0.2) is 8.07 Å². The van der Waals surface area contributed by atoms with E-state index in [1.54, 1.807) is 11.1 Å². The maximum absolute atomic E-state index is 2.88. The van der Waals surface area contributed by atoms with Crippen LogP contribution in [0.2, 0.25) is 24.2 Å². The van der Waals surface area contributed by atoms with Crippen molar-refractivity contribution in [3.05, 3.63) is 96.1 Å². The molecule has 4 aromatic carbocycles. The summed E-state index contributed by atoms with van der Waals surface area (Å²) in [6.45, 7) is 8.45. The zero-order valence-corrected chi connectivity index (χ0v) is 27.1. The Morgan fingerprint density at radius 3 is 1.71 bits per heavy atom. The average Bonchev–Trinajstić information content (AvgIpc) is 3.62. The first-order chi connectivity index (χ1) is 20.5. The molecular weight excluding hydrogens is 521 g/mol. The van der Waals surface area contributed by atoms with E-state index >= 15 is 0 Å². The monoisotopic (exact) mass is 570 g/mol. The van der Waals surface area contributed by atoms with Crippen LogP contribution in [-0.2, 0) is 0 Å². The molecule has 0 saturated heterocycles. The van der Waals surface area contributed by atoms with Crippen LogP contribution in [0.25, 0.3) is 21.5 Å². The second-order valence-electron chi connectivity index (χ2n) is 15.6. The van der Waals surface area contributed by atoms with Gasteiger partial charge in [-0.15, -0.1) is 0 Å². The van der Waals surface area contributed by atoms with Gasteiger partial charge in [-0.05, 0) is 111 Å². The predicted molar refractivity (Wildman–Crippen MR) is 183 cm³/mol. The molecule has 0 radical (unpaired) electrons. The minimum Gasteiger partial charge on any atom is -0.0689 e. The summed E-state index contributed by atoms with van der Waals surface area (Å²) in [5.41, 5.74) is 5.36. The quantitative estimate of drug-likeness (QED) is 0.214. The Labute approximate surface area is 255 Å². The van der Waals surface area contributed by atoms with Crippen molar-refractivity contribution in [2.75, 3.05) is 0 Å². The first-order valence-electron chi connectivity index (χ1n) is 17.5. The van der Waals surface area contributed by atoms with Gasteiger partial charge in [0.05, 0.1) is 8.07 Å². The summed E-state index contributed by atoms with van der Waals surface area (Å²) in [6, 6.07) is 32.7. The fourth-order valence-electron chi connectivity index (χ4n) is 12.3. The predicted octanol–water partition coefficient (Wildman–Crippen LogP) is 12.0. The molecule has 4 aliphatic carbocycles. The molecule has 9 unspecified atom stereocenters. The minimum atomic E-state index is -1.49. The molecule has 0 bridgehead atoms. The summed E-state index contributed by atoms with van der Waals surface area (Å²) in [5, 5.41) is 5.92. The van der Waals surface area contributed by atoms with Crippen molar-refractivity contribution in [3.8, 4) is 0 Å². The number of rotatable bonds is 4. The van der Waals surface area contributed by atoms with E-state index in [1.807, 2.05) is 0 Å². The van der Waals surface area contributed by atoms with E-state index in [0.29, 0.717) is 0 Å². The van der Waals surface area contributed by atoms with Gasteiger partial charge in [0.25, 0.3) is 0 Å². The summed E-state index contributed by atoms with van der Waals surface area (Å²) in [6.07, 6.45) is 13.1. The summed E-state index contributed by atoms with van der Waals surface area (Å²) in [7, 11) is -1.49. The van der Waals surface area contributed by atoms with E-state index in [9.17, 15) is 0 Å². The first-order valence-corrected chi connectivity index (χ1v) is 20.6. The summed E-state index contributed by atoms with van der Waals surface area (Å²) in [4.78, 5) is 0. The molecule has 0 N–H and O–H groups in total. The molecule has 8 rings (SSSR count). The Bertz CT molecular complexity index is 1570. The van der Waals surface area contributed by atoms with Crippen LogP contribution >= 0.6 is 0 Å². The van der Waals surface area contributed by atoms with Crippen molar-refractivity contribution in [1.29, 1.82) is 0 Å². The third-order valence-corrected chi connectivity index (χ3v) is 18.9. The minimum absolute atomic E-state index is 0.758. The number of hydrogen-bond acceptors (Lipinski definition) is 0. The first kappa shape index (κ1) is 27.2. The Balaban J connectivity index is 1.09. The van der Waals surface area contributed by atoms with Gasteiger partial charge in [-0.2, -0.15) is 0 Å². The molecule has 4 fully saturated rings. The lowest BCUT2D eigenvalue weighted by Gasteiger charge is -2.48. The van der Waals surface area contributed by atoms with Crippen LogP contribution in [0.1, 0.15) is 87.7 Å². The third kappa shape index (κ3) is 4.28. The maximum atomic E-state index is 2.88. The smallest absolute Gasteiger partial charge is 0.0544 e. The van der Waals surface area contributed by atoms with Gasteiger partial charge in [-0.25, -0.2) is 0 Å². The maximum Gasteiger partial charge on any atom is 0.0544 e. The molecule has 0 spiro atoms. The molecule has 0 amide bonds. The van der Waals surface area contributed by atoms with Gasteiger partial charge >= 0.3 is 0 Å².